The zero-order valence-electron chi connectivity index (χ0n) is 6.31. The van der Waals surface area contributed by atoms with Gasteiger partial charge in [-0.3, -0.25) is 5.32 Å². The molecule has 0 aromatic rings. The van der Waals surface area contributed by atoms with Crippen LogP contribution >= 0.6 is 11.8 Å². The highest BCUT2D eigenvalue weighted by atomic mass is 32.2. The van der Waals surface area contributed by atoms with E-state index in [1.807, 2.05) is 0 Å². The summed E-state index contributed by atoms with van der Waals surface area (Å²) < 4.78 is 0. The van der Waals surface area contributed by atoms with Crippen molar-refractivity contribution < 1.29 is 0 Å². The summed E-state index contributed by atoms with van der Waals surface area (Å²) in [7, 11) is 0. The molecule has 2 heterocycles. The lowest BCUT2D eigenvalue weighted by Crippen LogP contribution is -2.68. The van der Waals surface area contributed by atoms with E-state index < -0.39 is 0 Å². The molecule has 0 aliphatic carbocycles. The summed E-state index contributed by atoms with van der Waals surface area (Å²) in [6.07, 6.45) is 1.33. The predicted molar refractivity (Wildman–Crippen MR) is 45.3 cm³/mol. The van der Waals surface area contributed by atoms with Gasteiger partial charge in [-0.2, -0.15) is 0 Å². The Hall–Kier alpha value is 0.270. The molecule has 1 spiro atoms. The van der Waals surface area contributed by atoms with E-state index in [0.29, 0.717) is 4.87 Å². The van der Waals surface area contributed by atoms with Crippen LogP contribution in [0.2, 0.25) is 0 Å². The van der Waals surface area contributed by atoms with Gasteiger partial charge in [0.1, 0.15) is 0 Å². The highest BCUT2D eigenvalue weighted by molar-refractivity contribution is 8.00. The Morgan fingerprint density at radius 1 is 1.50 bits per heavy atom. The number of hydrogen-bond acceptors (Lipinski definition) is 3. The first-order valence-corrected chi connectivity index (χ1v) is 4.92. The normalized spacial score (nSPS) is 37.5. The van der Waals surface area contributed by atoms with Crippen LogP contribution in [-0.4, -0.2) is 29.8 Å². The minimum absolute atomic E-state index is 0.428. The van der Waals surface area contributed by atoms with Crippen molar-refractivity contribution in [2.45, 2.75) is 24.3 Å². The third-order valence-electron chi connectivity index (χ3n) is 2.26. The van der Waals surface area contributed by atoms with Crippen LogP contribution in [0.3, 0.4) is 0 Å². The molecule has 10 heavy (non-hydrogen) atoms. The van der Waals surface area contributed by atoms with Crippen LogP contribution in [0.5, 0.6) is 0 Å². The lowest BCUT2D eigenvalue weighted by Gasteiger charge is -2.47. The van der Waals surface area contributed by atoms with Crippen molar-refractivity contribution >= 4 is 11.8 Å². The zero-order valence-corrected chi connectivity index (χ0v) is 7.13. The van der Waals surface area contributed by atoms with Gasteiger partial charge >= 0.3 is 0 Å². The molecule has 0 saturated carbocycles. The van der Waals surface area contributed by atoms with Crippen molar-refractivity contribution in [1.29, 1.82) is 0 Å². The highest BCUT2D eigenvalue weighted by Crippen LogP contribution is 2.31. The molecule has 0 radical (unpaired) electrons. The molecular weight excluding hydrogens is 144 g/mol. The molecular formula is C7H14N2S. The van der Waals surface area contributed by atoms with E-state index in [1.54, 1.807) is 0 Å². The fraction of sp³-hybridized carbons (Fsp3) is 1.00. The standard InChI is InChI=1S/C7H14N2S/c1-6-2-3-10-7(9-6)4-8-5-7/h6,8-9H,2-5H2,1H3. The summed E-state index contributed by atoms with van der Waals surface area (Å²) in [4.78, 5) is 0.428. The molecule has 0 amide bonds. The Morgan fingerprint density at radius 2 is 2.30 bits per heavy atom. The van der Waals surface area contributed by atoms with Gasteiger partial charge in [0.05, 0.1) is 4.87 Å². The average molecular weight is 158 g/mol. The Labute approximate surface area is 66.1 Å². The number of hydrogen-bond donors (Lipinski definition) is 2. The fourth-order valence-corrected chi connectivity index (χ4v) is 3.11. The molecule has 2 N–H and O–H groups in total. The van der Waals surface area contributed by atoms with Gasteiger partial charge in [-0.15, -0.1) is 11.8 Å². The maximum absolute atomic E-state index is 3.63. The summed E-state index contributed by atoms with van der Waals surface area (Å²) in [6.45, 7) is 4.59. The molecule has 2 aliphatic heterocycles. The minimum atomic E-state index is 0.428. The lowest BCUT2D eigenvalue weighted by molar-refractivity contribution is 0.287. The number of thioether (sulfide) groups is 1. The summed E-state index contributed by atoms with van der Waals surface area (Å²) in [5.74, 6) is 1.33. The summed E-state index contributed by atoms with van der Waals surface area (Å²) >= 11 is 2.08. The van der Waals surface area contributed by atoms with E-state index in [9.17, 15) is 0 Å². The first-order chi connectivity index (χ1) is 4.81. The van der Waals surface area contributed by atoms with Crippen molar-refractivity contribution in [2.75, 3.05) is 18.8 Å². The summed E-state index contributed by atoms with van der Waals surface area (Å²) in [6, 6.07) is 0.725. The molecule has 0 aromatic heterocycles. The SMILES string of the molecule is CC1CCSC2(CNC2)N1. The van der Waals surface area contributed by atoms with Gasteiger partial charge in [-0.05, 0) is 19.1 Å². The van der Waals surface area contributed by atoms with Crippen molar-refractivity contribution in [3.63, 3.8) is 0 Å². The molecule has 58 valence electrons. The van der Waals surface area contributed by atoms with Crippen LogP contribution in [-0.2, 0) is 0 Å². The second-order valence-corrected chi connectivity index (χ2v) is 4.76. The van der Waals surface area contributed by atoms with E-state index in [0.717, 1.165) is 19.1 Å². The van der Waals surface area contributed by atoms with E-state index in [4.69, 9.17) is 0 Å². The summed E-state index contributed by atoms with van der Waals surface area (Å²) in [5.41, 5.74) is 0. The van der Waals surface area contributed by atoms with Crippen LogP contribution in [0.15, 0.2) is 0 Å². The second kappa shape index (κ2) is 2.40. The molecule has 2 aliphatic rings. The van der Waals surface area contributed by atoms with Crippen LogP contribution in [0.25, 0.3) is 0 Å². The highest BCUT2D eigenvalue weighted by Gasteiger charge is 2.40. The van der Waals surface area contributed by atoms with Crippen LogP contribution in [0.4, 0.5) is 0 Å². The average Bonchev–Trinajstić information content (AvgIpc) is 1.85. The van der Waals surface area contributed by atoms with Crippen molar-refractivity contribution in [1.82, 2.24) is 10.6 Å². The molecule has 1 unspecified atom stereocenters. The molecule has 2 nitrogen and oxygen atoms in total. The Morgan fingerprint density at radius 3 is 2.70 bits per heavy atom. The maximum Gasteiger partial charge on any atom is 0.0898 e. The smallest absolute Gasteiger partial charge is 0.0898 e. The van der Waals surface area contributed by atoms with Crippen LogP contribution < -0.4 is 10.6 Å². The molecule has 2 saturated heterocycles. The van der Waals surface area contributed by atoms with Crippen LogP contribution in [0, 0.1) is 0 Å². The quantitative estimate of drug-likeness (QED) is 0.533. The molecule has 2 rings (SSSR count). The minimum Gasteiger partial charge on any atom is -0.311 e. The zero-order chi connectivity index (χ0) is 7.03. The van der Waals surface area contributed by atoms with Gasteiger partial charge in [-0.25, -0.2) is 0 Å². The van der Waals surface area contributed by atoms with E-state index in [2.05, 4.69) is 29.3 Å². The predicted octanol–water partition coefficient (Wildman–Crippen LogP) is 0.401. The lowest BCUT2D eigenvalue weighted by atomic mass is 10.1. The topological polar surface area (TPSA) is 24.1 Å². The van der Waals surface area contributed by atoms with E-state index in [-0.39, 0.29) is 0 Å². The number of nitrogens with one attached hydrogen (secondary N) is 2. The van der Waals surface area contributed by atoms with E-state index >= 15 is 0 Å². The fourth-order valence-electron chi connectivity index (χ4n) is 1.55. The third-order valence-corrected chi connectivity index (χ3v) is 3.66. The molecule has 3 heteroatoms. The Bertz CT molecular complexity index is 134. The van der Waals surface area contributed by atoms with Crippen molar-refractivity contribution in [3.05, 3.63) is 0 Å². The maximum atomic E-state index is 3.63. The largest absolute Gasteiger partial charge is 0.311 e. The molecule has 0 aromatic carbocycles. The van der Waals surface area contributed by atoms with E-state index in [1.165, 1.54) is 12.2 Å². The monoisotopic (exact) mass is 158 g/mol. The van der Waals surface area contributed by atoms with Gasteiger partial charge in [0.2, 0.25) is 0 Å². The van der Waals surface area contributed by atoms with Gasteiger partial charge in [-0.1, -0.05) is 0 Å². The first kappa shape index (κ1) is 6.95. The van der Waals surface area contributed by atoms with Crippen molar-refractivity contribution in [3.8, 4) is 0 Å². The molecule has 0 bridgehead atoms. The molecule has 1 atom stereocenters. The summed E-state index contributed by atoms with van der Waals surface area (Å²) in [5, 5.41) is 6.94. The van der Waals surface area contributed by atoms with Gasteiger partial charge < -0.3 is 5.32 Å². The first-order valence-electron chi connectivity index (χ1n) is 3.93. The Balaban J connectivity index is 1.96. The number of rotatable bonds is 0. The Kier molecular flexibility index (Phi) is 1.66. The second-order valence-electron chi connectivity index (χ2n) is 3.28. The van der Waals surface area contributed by atoms with Gasteiger partial charge in [0.15, 0.2) is 0 Å². The van der Waals surface area contributed by atoms with Crippen molar-refractivity contribution in [2.24, 2.45) is 0 Å². The molecule has 2 fully saturated rings. The van der Waals surface area contributed by atoms with Gasteiger partial charge in [0.25, 0.3) is 0 Å². The van der Waals surface area contributed by atoms with Gasteiger partial charge in [0, 0.05) is 19.1 Å². The van der Waals surface area contributed by atoms with Crippen LogP contribution in [0.1, 0.15) is 13.3 Å². The third kappa shape index (κ3) is 1.06.